The van der Waals surface area contributed by atoms with Gasteiger partial charge in [-0.15, -0.1) is 0 Å². The van der Waals surface area contributed by atoms with E-state index in [4.69, 9.17) is 0 Å². The Labute approximate surface area is 149 Å². The van der Waals surface area contributed by atoms with E-state index >= 15 is 0 Å². The van der Waals surface area contributed by atoms with Crippen molar-refractivity contribution in [2.45, 2.75) is 45.1 Å². The van der Waals surface area contributed by atoms with Gasteiger partial charge >= 0.3 is 0 Å². The van der Waals surface area contributed by atoms with Gasteiger partial charge in [0.2, 0.25) is 0 Å². The summed E-state index contributed by atoms with van der Waals surface area (Å²) in [6.07, 6.45) is 9.52. The van der Waals surface area contributed by atoms with Gasteiger partial charge in [-0.25, -0.2) is 0 Å². The van der Waals surface area contributed by atoms with Crippen LogP contribution in [-0.2, 0) is 12.0 Å². The van der Waals surface area contributed by atoms with Crippen LogP contribution >= 0.6 is 0 Å². The van der Waals surface area contributed by atoms with Crippen molar-refractivity contribution in [2.24, 2.45) is 0 Å². The molecule has 1 aliphatic carbocycles. The van der Waals surface area contributed by atoms with Gasteiger partial charge in [0.1, 0.15) is 0 Å². The molecule has 0 unspecified atom stereocenters. The van der Waals surface area contributed by atoms with Crippen LogP contribution in [0.2, 0.25) is 0 Å². The molecule has 1 fully saturated rings. The van der Waals surface area contributed by atoms with Crippen LogP contribution in [0.25, 0.3) is 6.08 Å². The van der Waals surface area contributed by atoms with Crippen LogP contribution in [0.3, 0.4) is 0 Å². The maximum Gasteiger partial charge on any atom is 0.257 e. The van der Waals surface area contributed by atoms with Gasteiger partial charge in [0.15, 0.2) is 0 Å². The van der Waals surface area contributed by atoms with Gasteiger partial charge in [-0.2, -0.15) is 5.10 Å². The predicted octanol–water partition coefficient (Wildman–Crippen LogP) is 3.80. The number of aromatic nitrogens is 2. The number of rotatable bonds is 3. The summed E-state index contributed by atoms with van der Waals surface area (Å²) >= 11 is 0. The molecule has 0 saturated carbocycles. The standard InChI is InChI=1S/C21H25N3O/c1-3-12-24-15-18(16(2)22-24)20(25)23-13-10-21(11-14-23)9-8-17-6-4-5-7-19(17)21/h4-9,15H,3,10-14H2,1-2H3. The topological polar surface area (TPSA) is 38.1 Å². The Morgan fingerprint density at radius 3 is 2.76 bits per heavy atom. The molecule has 0 N–H and O–H groups in total. The molecule has 1 saturated heterocycles. The molecule has 1 amide bonds. The second-order valence-corrected chi connectivity index (χ2v) is 7.26. The van der Waals surface area contributed by atoms with Gasteiger partial charge in [-0.05, 0) is 37.3 Å². The van der Waals surface area contributed by atoms with Crippen LogP contribution in [0, 0.1) is 6.92 Å². The number of amides is 1. The maximum absolute atomic E-state index is 12.9. The number of carbonyl (C=O) groups excluding carboxylic acids is 1. The lowest BCUT2D eigenvalue weighted by molar-refractivity contribution is 0.0689. The summed E-state index contributed by atoms with van der Waals surface area (Å²) in [6, 6.07) is 8.64. The fourth-order valence-electron chi connectivity index (χ4n) is 4.22. The van der Waals surface area contributed by atoms with Crippen molar-refractivity contribution in [3.8, 4) is 0 Å². The minimum absolute atomic E-state index is 0.120. The second kappa shape index (κ2) is 6.17. The Balaban J connectivity index is 1.49. The number of likely N-dealkylation sites (tertiary alicyclic amines) is 1. The normalized spacial score (nSPS) is 17.9. The van der Waals surface area contributed by atoms with Crippen LogP contribution in [-0.4, -0.2) is 33.7 Å². The SMILES string of the molecule is CCCn1cc(C(=O)N2CCC3(C=Cc4ccccc43)CC2)c(C)n1. The molecular formula is C21H25N3O. The van der Waals surface area contributed by atoms with Crippen molar-refractivity contribution in [1.29, 1.82) is 0 Å². The van der Waals surface area contributed by atoms with E-state index in [1.165, 1.54) is 11.1 Å². The summed E-state index contributed by atoms with van der Waals surface area (Å²) in [4.78, 5) is 14.9. The first-order chi connectivity index (χ1) is 12.1. The number of piperidine rings is 1. The van der Waals surface area contributed by atoms with E-state index in [-0.39, 0.29) is 11.3 Å². The minimum Gasteiger partial charge on any atom is -0.338 e. The number of fused-ring (bicyclic) bond motifs is 2. The number of benzene rings is 1. The van der Waals surface area contributed by atoms with E-state index in [0.717, 1.165) is 50.2 Å². The molecule has 2 aromatic rings. The Morgan fingerprint density at radius 2 is 2.00 bits per heavy atom. The lowest BCUT2D eigenvalue weighted by atomic mass is 9.74. The van der Waals surface area contributed by atoms with E-state index in [1.54, 1.807) is 0 Å². The van der Waals surface area contributed by atoms with Gasteiger partial charge < -0.3 is 4.90 Å². The first-order valence-corrected chi connectivity index (χ1v) is 9.25. The van der Waals surface area contributed by atoms with Crippen molar-refractivity contribution >= 4 is 12.0 Å². The third kappa shape index (κ3) is 2.70. The largest absolute Gasteiger partial charge is 0.338 e. The predicted molar refractivity (Wildman–Crippen MR) is 99.5 cm³/mol. The molecule has 1 spiro atoms. The molecule has 130 valence electrons. The Kier molecular flexibility index (Phi) is 3.98. The molecule has 0 atom stereocenters. The Morgan fingerprint density at radius 1 is 1.24 bits per heavy atom. The molecule has 1 aromatic carbocycles. The van der Waals surface area contributed by atoms with E-state index < -0.39 is 0 Å². The van der Waals surface area contributed by atoms with Crippen molar-refractivity contribution in [1.82, 2.24) is 14.7 Å². The number of allylic oxidation sites excluding steroid dienone is 1. The van der Waals surface area contributed by atoms with Crippen molar-refractivity contribution < 1.29 is 4.79 Å². The van der Waals surface area contributed by atoms with Gasteiger partial charge in [0.25, 0.3) is 5.91 Å². The summed E-state index contributed by atoms with van der Waals surface area (Å²) in [5, 5.41) is 4.47. The Bertz CT molecular complexity index is 825. The van der Waals surface area contributed by atoms with Crippen LogP contribution in [0.1, 0.15) is 53.4 Å². The highest BCUT2D eigenvalue weighted by Crippen LogP contribution is 2.43. The van der Waals surface area contributed by atoms with Crippen molar-refractivity contribution in [3.05, 3.63) is 58.9 Å². The van der Waals surface area contributed by atoms with E-state index in [1.807, 2.05) is 22.7 Å². The number of hydrogen-bond acceptors (Lipinski definition) is 2. The number of nitrogens with zero attached hydrogens (tertiary/aromatic N) is 3. The zero-order valence-corrected chi connectivity index (χ0v) is 15.0. The molecule has 2 heterocycles. The van der Waals surface area contributed by atoms with Crippen LogP contribution < -0.4 is 0 Å². The summed E-state index contributed by atoms with van der Waals surface area (Å²) in [5.41, 5.74) is 4.47. The zero-order valence-electron chi connectivity index (χ0n) is 15.0. The number of carbonyl (C=O) groups is 1. The lowest BCUT2D eigenvalue weighted by Gasteiger charge is -2.39. The van der Waals surface area contributed by atoms with Crippen LogP contribution in [0.15, 0.2) is 36.5 Å². The highest BCUT2D eigenvalue weighted by Gasteiger charge is 2.39. The zero-order chi connectivity index (χ0) is 17.4. The van der Waals surface area contributed by atoms with E-state index in [2.05, 4.69) is 48.4 Å². The molecule has 0 bridgehead atoms. The third-order valence-corrected chi connectivity index (χ3v) is 5.65. The molecule has 1 aromatic heterocycles. The van der Waals surface area contributed by atoms with E-state index in [9.17, 15) is 4.79 Å². The minimum atomic E-state index is 0.120. The van der Waals surface area contributed by atoms with Gasteiger partial charge in [-0.1, -0.05) is 43.3 Å². The maximum atomic E-state index is 12.9. The molecule has 4 heteroatoms. The average Bonchev–Trinajstić information content (AvgIpc) is 3.17. The highest BCUT2D eigenvalue weighted by molar-refractivity contribution is 5.95. The number of aryl methyl sites for hydroxylation is 2. The number of hydrogen-bond donors (Lipinski definition) is 0. The molecule has 1 aliphatic heterocycles. The molecule has 2 aliphatic rings. The van der Waals surface area contributed by atoms with Crippen LogP contribution in [0.5, 0.6) is 0 Å². The molecular weight excluding hydrogens is 310 g/mol. The summed E-state index contributed by atoms with van der Waals surface area (Å²) in [6.45, 7) is 6.51. The van der Waals surface area contributed by atoms with Crippen molar-refractivity contribution in [2.75, 3.05) is 13.1 Å². The monoisotopic (exact) mass is 335 g/mol. The van der Waals surface area contributed by atoms with Gasteiger partial charge in [0, 0.05) is 31.2 Å². The quantitative estimate of drug-likeness (QED) is 0.855. The third-order valence-electron chi connectivity index (χ3n) is 5.65. The van der Waals surface area contributed by atoms with Crippen LogP contribution in [0.4, 0.5) is 0 Å². The summed E-state index contributed by atoms with van der Waals surface area (Å²) < 4.78 is 1.89. The highest BCUT2D eigenvalue weighted by atomic mass is 16.2. The van der Waals surface area contributed by atoms with E-state index in [0.29, 0.717) is 0 Å². The average molecular weight is 335 g/mol. The first kappa shape index (κ1) is 16.1. The smallest absolute Gasteiger partial charge is 0.257 e. The molecule has 25 heavy (non-hydrogen) atoms. The fourth-order valence-corrected chi connectivity index (χ4v) is 4.22. The summed E-state index contributed by atoms with van der Waals surface area (Å²) in [7, 11) is 0. The summed E-state index contributed by atoms with van der Waals surface area (Å²) in [5.74, 6) is 0.130. The lowest BCUT2D eigenvalue weighted by Crippen LogP contribution is -2.44. The van der Waals surface area contributed by atoms with Gasteiger partial charge in [0.05, 0.1) is 11.3 Å². The first-order valence-electron chi connectivity index (χ1n) is 9.25. The van der Waals surface area contributed by atoms with Gasteiger partial charge in [-0.3, -0.25) is 9.48 Å². The second-order valence-electron chi connectivity index (χ2n) is 7.26. The fraction of sp³-hybridized carbons (Fsp3) is 0.429. The molecule has 4 nitrogen and oxygen atoms in total. The molecule has 0 radical (unpaired) electrons. The van der Waals surface area contributed by atoms with Crippen molar-refractivity contribution in [3.63, 3.8) is 0 Å². The molecule has 4 rings (SSSR count). The Hall–Kier alpha value is -2.36.